The fraction of sp³-hybridized carbons (Fsp3) is 0.462. The van der Waals surface area contributed by atoms with Gasteiger partial charge in [-0.15, -0.1) is 12.4 Å². The van der Waals surface area contributed by atoms with E-state index >= 15 is 0 Å². The maximum Gasteiger partial charge on any atom is 0.282 e. The average Bonchev–Trinajstić information content (AvgIpc) is 2.91. The van der Waals surface area contributed by atoms with Crippen molar-refractivity contribution in [2.75, 3.05) is 13.1 Å². The SMILES string of the molecule is Cl.O=C(NCC[C@H]1CCCN1)c1cc(Cl)ccc1[N+](=O)[O-]. The van der Waals surface area contributed by atoms with Crippen molar-refractivity contribution in [1.82, 2.24) is 10.6 Å². The highest BCUT2D eigenvalue weighted by molar-refractivity contribution is 6.31. The molecule has 1 aliphatic rings. The minimum atomic E-state index is -0.580. The van der Waals surface area contributed by atoms with E-state index in [4.69, 9.17) is 11.6 Å². The summed E-state index contributed by atoms with van der Waals surface area (Å²) in [4.78, 5) is 22.3. The van der Waals surface area contributed by atoms with E-state index in [-0.39, 0.29) is 23.7 Å². The first kappa shape index (κ1) is 17.7. The molecule has 1 atom stereocenters. The van der Waals surface area contributed by atoms with E-state index in [0.717, 1.165) is 25.8 Å². The first-order valence-corrected chi connectivity index (χ1v) is 6.91. The van der Waals surface area contributed by atoms with E-state index in [0.29, 0.717) is 17.6 Å². The van der Waals surface area contributed by atoms with Gasteiger partial charge < -0.3 is 10.6 Å². The lowest BCUT2D eigenvalue weighted by molar-refractivity contribution is -0.385. The molecule has 0 unspecified atom stereocenters. The van der Waals surface area contributed by atoms with Crippen LogP contribution in [-0.4, -0.2) is 30.0 Å². The monoisotopic (exact) mass is 333 g/mol. The minimum Gasteiger partial charge on any atom is -0.352 e. The number of hydrogen-bond acceptors (Lipinski definition) is 4. The molecule has 1 heterocycles. The topological polar surface area (TPSA) is 84.3 Å². The van der Waals surface area contributed by atoms with Crippen LogP contribution in [0.15, 0.2) is 18.2 Å². The number of nitro groups is 1. The van der Waals surface area contributed by atoms with Gasteiger partial charge in [-0.1, -0.05) is 11.6 Å². The molecule has 6 nitrogen and oxygen atoms in total. The van der Waals surface area contributed by atoms with Crippen LogP contribution in [0, 0.1) is 10.1 Å². The van der Waals surface area contributed by atoms with Crippen LogP contribution < -0.4 is 10.6 Å². The van der Waals surface area contributed by atoms with E-state index in [2.05, 4.69) is 10.6 Å². The lowest BCUT2D eigenvalue weighted by Crippen LogP contribution is -2.30. The van der Waals surface area contributed by atoms with Gasteiger partial charge in [0.1, 0.15) is 5.56 Å². The maximum absolute atomic E-state index is 12.0. The van der Waals surface area contributed by atoms with Crippen molar-refractivity contribution in [3.05, 3.63) is 38.9 Å². The molecular weight excluding hydrogens is 317 g/mol. The van der Waals surface area contributed by atoms with Crippen LogP contribution in [0.5, 0.6) is 0 Å². The van der Waals surface area contributed by atoms with Gasteiger partial charge in [-0.2, -0.15) is 0 Å². The van der Waals surface area contributed by atoms with Gasteiger partial charge in [0.2, 0.25) is 0 Å². The Morgan fingerprint density at radius 1 is 1.52 bits per heavy atom. The summed E-state index contributed by atoms with van der Waals surface area (Å²) >= 11 is 5.79. The quantitative estimate of drug-likeness (QED) is 0.640. The van der Waals surface area contributed by atoms with Crippen molar-refractivity contribution in [2.45, 2.75) is 25.3 Å². The third kappa shape index (κ3) is 4.84. The Kier molecular flexibility index (Phi) is 6.87. The van der Waals surface area contributed by atoms with Gasteiger partial charge in [-0.25, -0.2) is 0 Å². The Balaban J connectivity index is 0.00000220. The highest BCUT2D eigenvalue weighted by atomic mass is 35.5. The number of carbonyl (C=O) groups excluding carboxylic acids is 1. The van der Waals surface area contributed by atoms with Crippen molar-refractivity contribution in [3.8, 4) is 0 Å². The second-order valence-corrected chi connectivity index (χ2v) is 5.19. The molecule has 0 aliphatic carbocycles. The van der Waals surface area contributed by atoms with Gasteiger partial charge in [0, 0.05) is 23.7 Å². The normalized spacial score (nSPS) is 17.1. The van der Waals surface area contributed by atoms with Crippen molar-refractivity contribution in [3.63, 3.8) is 0 Å². The average molecular weight is 334 g/mol. The Labute approximate surface area is 133 Å². The summed E-state index contributed by atoms with van der Waals surface area (Å²) in [7, 11) is 0. The Morgan fingerprint density at radius 3 is 2.90 bits per heavy atom. The maximum atomic E-state index is 12.0. The fourth-order valence-corrected chi connectivity index (χ4v) is 2.48. The Bertz CT molecular complexity index is 519. The molecule has 0 saturated carbocycles. The summed E-state index contributed by atoms with van der Waals surface area (Å²) in [6.07, 6.45) is 3.08. The second kappa shape index (κ2) is 8.17. The molecule has 0 radical (unpaired) electrons. The summed E-state index contributed by atoms with van der Waals surface area (Å²) in [5.74, 6) is -0.461. The molecule has 116 valence electrons. The van der Waals surface area contributed by atoms with Crippen molar-refractivity contribution in [2.24, 2.45) is 0 Å². The molecule has 0 aromatic heterocycles. The van der Waals surface area contributed by atoms with Crippen LogP contribution in [0.2, 0.25) is 5.02 Å². The number of nitrogens with one attached hydrogen (secondary N) is 2. The number of hydrogen-bond donors (Lipinski definition) is 2. The summed E-state index contributed by atoms with van der Waals surface area (Å²) in [5.41, 5.74) is -0.229. The molecule has 2 N–H and O–H groups in total. The summed E-state index contributed by atoms with van der Waals surface area (Å²) < 4.78 is 0. The van der Waals surface area contributed by atoms with Crippen LogP contribution in [-0.2, 0) is 0 Å². The van der Waals surface area contributed by atoms with Gasteiger partial charge in [0.25, 0.3) is 11.6 Å². The predicted octanol–water partition coefficient (Wildman–Crippen LogP) is 2.54. The number of carbonyl (C=O) groups is 1. The highest BCUT2D eigenvalue weighted by Crippen LogP contribution is 2.22. The molecule has 1 aromatic carbocycles. The van der Waals surface area contributed by atoms with E-state index in [9.17, 15) is 14.9 Å². The number of rotatable bonds is 5. The zero-order chi connectivity index (χ0) is 14.5. The zero-order valence-electron chi connectivity index (χ0n) is 11.3. The third-order valence-electron chi connectivity index (χ3n) is 3.34. The highest BCUT2D eigenvalue weighted by Gasteiger charge is 2.21. The molecule has 1 aromatic rings. The lowest BCUT2D eigenvalue weighted by atomic mass is 10.1. The van der Waals surface area contributed by atoms with Gasteiger partial charge in [-0.3, -0.25) is 14.9 Å². The Morgan fingerprint density at radius 2 is 2.29 bits per heavy atom. The van der Waals surface area contributed by atoms with Crippen molar-refractivity contribution < 1.29 is 9.72 Å². The summed E-state index contributed by atoms with van der Waals surface area (Å²) in [5, 5.41) is 17.2. The molecule has 1 amide bonds. The number of amides is 1. The summed E-state index contributed by atoms with van der Waals surface area (Å²) in [6, 6.07) is 4.39. The predicted molar refractivity (Wildman–Crippen MR) is 83.3 cm³/mol. The first-order valence-electron chi connectivity index (χ1n) is 6.53. The Hall–Kier alpha value is -1.37. The number of benzene rings is 1. The first-order chi connectivity index (χ1) is 9.58. The van der Waals surface area contributed by atoms with Gasteiger partial charge in [0.05, 0.1) is 4.92 Å². The number of nitro benzene ring substituents is 1. The molecule has 1 aliphatic heterocycles. The molecule has 0 spiro atoms. The number of halogens is 2. The van der Waals surface area contributed by atoms with Crippen molar-refractivity contribution in [1.29, 1.82) is 0 Å². The van der Waals surface area contributed by atoms with E-state index < -0.39 is 10.8 Å². The number of nitrogens with zero attached hydrogens (tertiary/aromatic N) is 1. The van der Waals surface area contributed by atoms with Gasteiger partial charge in [-0.05, 0) is 37.9 Å². The minimum absolute atomic E-state index is 0. The van der Waals surface area contributed by atoms with Crippen molar-refractivity contribution >= 4 is 35.6 Å². The zero-order valence-corrected chi connectivity index (χ0v) is 12.9. The lowest BCUT2D eigenvalue weighted by Gasteiger charge is -2.11. The summed E-state index contributed by atoms with van der Waals surface area (Å²) in [6.45, 7) is 1.50. The molecule has 21 heavy (non-hydrogen) atoms. The van der Waals surface area contributed by atoms with Crippen LogP contribution in [0.1, 0.15) is 29.6 Å². The molecule has 8 heteroatoms. The van der Waals surface area contributed by atoms with Crippen LogP contribution >= 0.6 is 24.0 Å². The smallest absolute Gasteiger partial charge is 0.282 e. The second-order valence-electron chi connectivity index (χ2n) is 4.76. The van der Waals surface area contributed by atoms with Gasteiger partial charge >= 0.3 is 0 Å². The molecule has 0 bridgehead atoms. The van der Waals surface area contributed by atoms with Crippen LogP contribution in [0.3, 0.4) is 0 Å². The van der Waals surface area contributed by atoms with Crippen LogP contribution in [0.4, 0.5) is 5.69 Å². The third-order valence-corrected chi connectivity index (χ3v) is 3.58. The standard InChI is InChI=1S/C13H16ClN3O3.ClH/c14-9-3-4-12(17(19)20)11(8-9)13(18)16-7-5-10-2-1-6-15-10;/h3-4,8,10,15H,1-2,5-7H2,(H,16,18);1H/t10-;/m1./s1. The van der Waals surface area contributed by atoms with E-state index in [1.165, 1.54) is 18.2 Å². The molecule has 1 fully saturated rings. The largest absolute Gasteiger partial charge is 0.352 e. The van der Waals surface area contributed by atoms with E-state index in [1.54, 1.807) is 0 Å². The van der Waals surface area contributed by atoms with Crippen LogP contribution in [0.25, 0.3) is 0 Å². The fourth-order valence-electron chi connectivity index (χ4n) is 2.31. The van der Waals surface area contributed by atoms with E-state index in [1.807, 2.05) is 0 Å². The molecule has 1 saturated heterocycles. The van der Waals surface area contributed by atoms with Gasteiger partial charge in [0.15, 0.2) is 0 Å². The molecular formula is C13H17Cl2N3O3. The molecule has 2 rings (SSSR count).